The quantitative estimate of drug-likeness (QED) is 0.889. The number of hydrogen-bond donors (Lipinski definition) is 1. The van der Waals surface area contributed by atoms with Crippen LogP contribution in [-0.2, 0) is 6.42 Å². The molecule has 2 rings (SSSR count). The van der Waals surface area contributed by atoms with Gasteiger partial charge in [0.05, 0.1) is 0 Å². The maximum absolute atomic E-state index is 13.4. The van der Waals surface area contributed by atoms with E-state index in [0.29, 0.717) is 0 Å². The number of hydrogen-bond acceptors (Lipinski definition) is 2. The van der Waals surface area contributed by atoms with Gasteiger partial charge in [-0.3, -0.25) is 0 Å². The van der Waals surface area contributed by atoms with Crippen LogP contribution in [0.4, 0.5) is 10.1 Å². The van der Waals surface area contributed by atoms with Crippen LogP contribution in [0.15, 0.2) is 18.2 Å². The van der Waals surface area contributed by atoms with Gasteiger partial charge in [-0.1, -0.05) is 6.92 Å². The molecular formula is C15H23FN2. The maximum Gasteiger partial charge on any atom is 0.123 e. The minimum Gasteiger partial charge on any atom is -0.371 e. The molecule has 0 amide bonds. The standard InChI is InChI=1S/C15H23FN2/c1-2-14(17)11-12-10-13(16)6-7-15(12)18-8-4-3-5-9-18/h6-7,10,14H,2-5,8-9,11,17H2,1H3. The number of halogens is 1. The Bertz CT molecular complexity index is 386. The Morgan fingerprint density at radius 3 is 2.67 bits per heavy atom. The van der Waals surface area contributed by atoms with Crippen LogP contribution < -0.4 is 10.6 Å². The summed E-state index contributed by atoms with van der Waals surface area (Å²) in [6.07, 6.45) is 5.46. The molecule has 1 saturated heterocycles. The lowest BCUT2D eigenvalue weighted by Gasteiger charge is -2.31. The van der Waals surface area contributed by atoms with E-state index in [1.807, 2.05) is 6.07 Å². The summed E-state index contributed by atoms with van der Waals surface area (Å²) in [5, 5.41) is 0. The summed E-state index contributed by atoms with van der Waals surface area (Å²) in [7, 11) is 0. The molecule has 0 radical (unpaired) electrons. The van der Waals surface area contributed by atoms with Crippen molar-refractivity contribution in [2.45, 2.75) is 45.1 Å². The van der Waals surface area contributed by atoms with E-state index in [2.05, 4.69) is 11.8 Å². The maximum atomic E-state index is 13.4. The van der Waals surface area contributed by atoms with Crippen LogP contribution in [0.5, 0.6) is 0 Å². The summed E-state index contributed by atoms with van der Waals surface area (Å²) < 4.78 is 13.4. The zero-order valence-electron chi connectivity index (χ0n) is 11.2. The van der Waals surface area contributed by atoms with Gasteiger partial charge >= 0.3 is 0 Å². The smallest absolute Gasteiger partial charge is 0.123 e. The van der Waals surface area contributed by atoms with E-state index < -0.39 is 0 Å². The molecule has 1 aliphatic heterocycles. The number of nitrogens with zero attached hydrogens (tertiary/aromatic N) is 1. The normalized spacial score (nSPS) is 17.8. The molecule has 100 valence electrons. The average molecular weight is 250 g/mol. The first-order chi connectivity index (χ1) is 8.70. The monoisotopic (exact) mass is 250 g/mol. The van der Waals surface area contributed by atoms with Gasteiger partial charge in [-0.15, -0.1) is 0 Å². The molecule has 1 aromatic carbocycles. The first kappa shape index (κ1) is 13.3. The highest BCUT2D eigenvalue weighted by atomic mass is 19.1. The number of nitrogens with two attached hydrogens (primary N) is 1. The second kappa shape index (κ2) is 6.19. The van der Waals surface area contributed by atoms with Crippen LogP contribution >= 0.6 is 0 Å². The van der Waals surface area contributed by atoms with E-state index >= 15 is 0 Å². The van der Waals surface area contributed by atoms with Gasteiger partial charge in [0.1, 0.15) is 5.82 Å². The van der Waals surface area contributed by atoms with E-state index in [-0.39, 0.29) is 11.9 Å². The first-order valence-corrected chi connectivity index (χ1v) is 6.99. The van der Waals surface area contributed by atoms with Crippen LogP contribution in [0.25, 0.3) is 0 Å². The lowest BCUT2D eigenvalue weighted by molar-refractivity contribution is 0.570. The van der Waals surface area contributed by atoms with Crippen molar-refractivity contribution in [3.05, 3.63) is 29.6 Å². The summed E-state index contributed by atoms with van der Waals surface area (Å²) in [5.41, 5.74) is 8.25. The Labute approximate surface area is 109 Å². The van der Waals surface area contributed by atoms with Crippen molar-refractivity contribution in [1.82, 2.24) is 0 Å². The Hall–Kier alpha value is -1.09. The predicted molar refractivity (Wildman–Crippen MR) is 74.4 cm³/mol. The van der Waals surface area contributed by atoms with Crippen molar-refractivity contribution in [1.29, 1.82) is 0 Å². The zero-order valence-corrected chi connectivity index (χ0v) is 11.2. The van der Waals surface area contributed by atoms with Crippen LogP contribution in [-0.4, -0.2) is 19.1 Å². The van der Waals surface area contributed by atoms with Crippen molar-refractivity contribution in [2.24, 2.45) is 5.73 Å². The highest BCUT2D eigenvalue weighted by Gasteiger charge is 2.16. The van der Waals surface area contributed by atoms with Gasteiger partial charge in [-0.2, -0.15) is 0 Å². The number of piperidine rings is 1. The highest BCUT2D eigenvalue weighted by Crippen LogP contribution is 2.26. The summed E-state index contributed by atoms with van der Waals surface area (Å²) in [5.74, 6) is -0.158. The molecule has 1 atom stereocenters. The Morgan fingerprint density at radius 2 is 2.00 bits per heavy atom. The predicted octanol–water partition coefficient (Wildman–Crippen LogP) is 3.10. The van der Waals surface area contributed by atoms with E-state index in [0.717, 1.165) is 31.5 Å². The second-order valence-corrected chi connectivity index (χ2v) is 5.19. The van der Waals surface area contributed by atoms with E-state index in [9.17, 15) is 4.39 Å². The fourth-order valence-electron chi connectivity index (χ4n) is 2.59. The van der Waals surface area contributed by atoms with Crippen molar-refractivity contribution in [2.75, 3.05) is 18.0 Å². The minimum absolute atomic E-state index is 0.121. The highest BCUT2D eigenvalue weighted by molar-refractivity contribution is 5.54. The van der Waals surface area contributed by atoms with Crippen molar-refractivity contribution >= 4 is 5.69 Å². The van der Waals surface area contributed by atoms with Crippen LogP contribution in [0.2, 0.25) is 0 Å². The molecule has 1 aliphatic rings. The molecule has 0 bridgehead atoms. The molecule has 2 nitrogen and oxygen atoms in total. The molecule has 0 spiro atoms. The average Bonchev–Trinajstić information content (AvgIpc) is 2.40. The van der Waals surface area contributed by atoms with Gasteiger partial charge in [-0.05, 0) is 55.9 Å². The Kier molecular flexibility index (Phi) is 4.59. The molecule has 2 N–H and O–H groups in total. The van der Waals surface area contributed by atoms with Crippen molar-refractivity contribution in [3.63, 3.8) is 0 Å². The minimum atomic E-state index is -0.158. The molecule has 0 aromatic heterocycles. The summed E-state index contributed by atoms with van der Waals surface area (Å²) in [4.78, 5) is 2.38. The number of benzene rings is 1. The SMILES string of the molecule is CCC(N)Cc1cc(F)ccc1N1CCCCC1. The molecule has 0 saturated carbocycles. The molecular weight excluding hydrogens is 227 g/mol. The molecule has 1 fully saturated rings. The van der Waals surface area contributed by atoms with Crippen LogP contribution in [0, 0.1) is 5.82 Å². The molecule has 18 heavy (non-hydrogen) atoms. The largest absolute Gasteiger partial charge is 0.371 e. The first-order valence-electron chi connectivity index (χ1n) is 6.99. The fraction of sp³-hybridized carbons (Fsp3) is 0.600. The lowest BCUT2D eigenvalue weighted by Crippen LogP contribution is -2.31. The number of anilines is 1. The van der Waals surface area contributed by atoms with Gasteiger partial charge in [0.2, 0.25) is 0 Å². The number of rotatable bonds is 4. The Morgan fingerprint density at radius 1 is 1.28 bits per heavy atom. The van der Waals surface area contributed by atoms with Gasteiger partial charge in [0.15, 0.2) is 0 Å². The van der Waals surface area contributed by atoms with Crippen LogP contribution in [0.3, 0.4) is 0 Å². The molecule has 1 aromatic rings. The van der Waals surface area contributed by atoms with Gasteiger partial charge in [0, 0.05) is 24.8 Å². The van der Waals surface area contributed by atoms with Crippen LogP contribution in [0.1, 0.15) is 38.2 Å². The van der Waals surface area contributed by atoms with Crippen molar-refractivity contribution in [3.8, 4) is 0 Å². The molecule has 1 unspecified atom stereocenters. The second-order valence-electron chi connectivity index (χ2n) is 5.19. The third-order valence-corrected chi connectivity index (χ3v) is 3.74. The third kappa shape index (κ3) is 3.22. The summed E-state index contributed by atoms with van der Waals surface area (Å²) in [6, 6.07) is 5.25. The molecule has 3 heteroatoms. The summed E-state index contributed by atoms with van der Waals surface area (Å²) in [6.45, 7) is 4.24. The van der Waals surface area contributed by atoms with Gasteiger partial charge in [-0.25, -0.2) is 4.39 Å². The lowest BCUT2D eigenvalue weighted by atomic mass is 10.0. The summed E-state index contributed by atoms with van der Waals surface area (Å²) >= 11 is 0. The van der Waals surface area contributed by atoms with E-state index in [1.54, 1.807) is 12.1 Å². The topological polar surface area (TPSA) is 29.3 Å². The van der Waals surface area contributed by atoms with Gasteiger partial charge < -0.3 is 10.6 Å². The van der Waals surface area contributed by atoms with E-state index in [4.69, 9.17) is 5.73 Å². The molecule has 1 heterocycles. The molecule has 0 aliphatic carbocycles. The van der Waals surface area contributed by atoms with Crippen molar-refractivity contribution < 1.29 is 4.39 Å². The Balaban J connectivity index is 2.21. The zero-order chi connectivity index (χ0) is 13.0. The fourth-order valence-corrected chi connectivity index (χ4v) is 2.59. The van der Waals surface area contributed by atoms with Gasteiger partial charge in [0.25, 0.3) is 0 Å². The third-order valence-electron chi connectivity index (χ3n) is 3.74. The van der Waals surface area contributed by atoms with E-state index in [1.165, 1.54) is 24.9 Å².